The molecule has 0 fully saturated rings. The first-order valence-corrected chi connectivity index (χ1v) is 5.33. The van der Waals surface area contributed by atoms with Crippen LogP contribution in [0, 0.1) is 18.6 Å². The van der Waals surface area contributed by atoms with Gasteiger partial charge in [-0.15, -0.1) is 0 Å². The molecule has 0 aliphatic heterocycles. The molecule has 2 rings (SSSR count). The van der Waals surface area contributed by atoms with Crippen LogP contribution in [-0.2, 0) is 6.42 Å². The highest BCUT2D eigenvalue weighted by Crippen LogP contribution is 2.26. The molecule has 3 nitrogen and oxygen atoms in total. The Labute approximate surface area is 97.7 Å². The average molecular weight is 237 g/mol. The first kappa shape index (κ1) is 11.7. The number of nitrogens with two attached hydrogens (primary N) is 1. The van der Waals surface area contributed by atoms with Gasteiger partial charge in [0.05, 0.1) is 5.69 Å². The second kappa shape index (κ2) is 4.63. The normalized spacial score (nSPS) is 10.8. The molecule has 0 spiro atoms. The molecule has 90 valence electrons. The van der Waals surface area contributed by atoms with Crippen LogP contribution in [0.2, 0.25) is 0 Å². The maximum absolute atomic E-state index is 13.6. The molecule has 0 radical (unpaired) electrons. The Morgan fingerprint density at radius 2 is 2.12 bits per heavy atom. The zero-order chi connectivity index (χ0) is 12.4. The lowest BCUT2D eigenvalue weighted by Gasteiger charge is -2.01. The van der Waals surface area contributed by atoms with Gasteiger partial charge >= 0.3 is 0 Å². The predicted octanol–water partition coefficient (Wildman–Crippen LogP) is 2.16. The van der Waals surface area contributed by atoms with E-state index in [2.05, 4.69) is 10.2 Å². The van der Waals surface area contributed by atoms with Gasteiger partial charge < -0.3 is 5.73 Å². The van der Waals surface area contributed by atoms with Gasteiger partial charge in [0.15, 0.2) is 0 Å². The summed E-state index contributed by atoms with van der Waals surface area (Å²) in [5.74, 6) is -1.21. The van der Waals surface area contributed by atoms with Gasteiger partial charge in [-0.25, -0.2) is 8.78 Å². The largest absolute Gasteiger partial charge is 0.330 e. The maximum atomic E-state index is 13.6. The predicted molar refractivity (Wildman–Crippen MR) is 61.4 cm³/mol. The molecular weight excluding hydrogens is 224 g/mol. The molecule has 0 aliphatic carbocycles. The van der Waals surface area contributed by atoms with E-state index in [9.17, 15) is 8.78 Å². The van der Waals surface area contributed by atoms with E-state index in [0.29, 0.717) is 24.2 Å². The molecule has 1 heterocycles. The highest BCUT2D eigenvalue weighted by Gasteiger charge is 2.14. The summed E-state index contributed by atoms with van der Waals surface area (Å²) in [7, 11) is 0. The minimum absolute atomic E-state index is 0.295. The van der Waals surface area contributed by atoms with Crippen molar-refractivity contribution in [3.05, 3.63) is 41.1 Å². The minimum Gasteiger partial charge on any atom is -0.330 e. The Hall–Kier alpha value is -1.75. The number of hydrogen-bond acceptors (Lipinski definition) is 2. The molecule has 0 saturated heterocycles. The van der Waals surface area contributed by atoms with Crippen LogP contribution in [0.1, 0.15) is 11.3 Å². The Kier molecular flexibility index (Phi) is 3.19. The van der Waals surface area contributed by atoms with E-state index in [-0.39, 0.29) is 0 Å². The van der Waals surface area contributed by atoms with Crippen LogP contribution in [-0.4, -0.2) is 16.7 Å². The fraction of sp³-hybridized carbons (Fsp3) is 0.250. The van der Waals surface area contributed by atoms with Gasteiger partial charge in [0.25, 0.3) is 0 Å². The first-order valence-electron chi connectivity index (χ1n) is 5.33. The molecular formula is C12H13F2N3. The highest BCUT2D eigenvalue weighted by molar-refractivity contribution is 5.64. The van der Waals surface area contributed by atoms with E-state index in [1.807, 2.05) is 6.92 Å². The molecule has 0 amide bonds. The summed E-state index contributed by atoms with van der Waals surface area (Å²) in [6, 6.07) is 3.46. The molecule has 5 heteroatoms. The monoisotopic (exact) mass is 237 g/mol. The van der Waals surface area contributed by atoms with Gasteiger partial charge in [-0.05, 0) is 31.2 Å². The fourth-order valence-electron chi connectivity index (χ4n) is 1.77. The number of halogens is 2. The van der Waals surface area contributed by atoms with E-state index in [1.54, 1.807) is 0 Å². The second-order valence-electron chi connectivity index (χ2n) is 3.84. The van der Waals surface area contributed by atoms with E-state index < -0.39 is 11.6 Å². The Bertz CT molecular complexity index is 535. The maximum Gasteiger partial charge on any atom is 0.135 e. The fourth-order valence-corrected chi connectivity index (χ4v) is 1.77. The number of nitrogens with one attached hydrogen (secondary N) is 1. The number of nitrogens with zero attached hydrogens (tertiary/aromatic N) is 1. The van der Waals surface area contributed by atoms with Gasteiger partial charge in [-0.3, -0.25) is 5.10 Å². The first-order chi connectivity index (χ1) is 8.13. The van der Waals surface area contributed by atoms with Crippen LogP contribution in [0.15, 0.2) is 18.2 Å². The Morgan fingerprint density at radius 1 is 1.35 bits per heavy atom. The van der Waals surface area contributed by atoms with Crippen molar-refractivity contribution in [1.29, 1.82) is 0 Å². The third-order valence-corrected chi connectivity index (χ3v) is 2.69. The summed E-state index contributed by atoms with van der Waals surface area (Å²) in [4.78, 5) is 0. The molecule has 2 aromatic rings. The average Bonchev–Trinajstić information content (AvgIpc) is 2.62. The highest BCUT2D eigenvalue weighted by atomic mass is 19.1. The van der Waals surface area contributed by atoms with Crippen molar-refractivity contribution in [2.24, 2.45) is 5.73 Å². The summed E-state index contributed by atoms with van der Waals surface area (Å²) in [6.45, 7) is 2.33. The van der Waals surface area contributed by atoms with Gasteiger partial charge in [-0.2, -0.15) is 5.10 Å². The number of aromatic nitrogens is 2. The minimum atomic E-state index is -0.612. The second-order valence-corrected chi connectivity index (χ2v) is 3.84. The van der Waals surface area contributed by atoms with Crippen molar-refractivity contribution in [3.8, 4) is 11.3 Å². The van der Waals surface area contributed by atoms with Crippen LogP contribution in [0.5, 0.6) is 0 Å². The standard InChI is InChI=1S/C12H13F2N3/c1-7-11(4-5-15)16-17-12(7)9-3-2-8(13)6-10(9)14/h2-3,6H,4-5,15H2,1H3,(H,16,17). The van der Waals surface area contributed by atoms with E-state index in [4.69, 9.17) is 5.73 Å². The lowest BCUT2D eigenvalue weighted by Crippen LogP contribution is -2.03. The number of H-pyrrole nitrogens is 1. The van der Waals surface area contributed by atoms with Gasteiger partial charge in [0, 0.05) is 23.7 Å². The van der Waals surface area contributed by atoms with Crippen molar-refractivity contribution in [3.63, 3.8) is 0 Å². The zero-order valence-corrected chi connectivity index (χ0v) is 9.43. The number of hydrogen-bond donors (Lipinski definition) is 2. The van der Waals surface area contributed by atoms with Crippen molar-refractivity contribution in [2.45, 2.75) is 13.3 Å². The van der Waals surface area contributed by atoms with Crippen LogP contribution >= 0.6 is 0 Å². The van der Waals surface area contributed by atoms with Crippen LogP contribution in [0.4, 0.5) is 8.78 Å². The number of benzene rings is 1. The van der Waals surface area contributed by atoms with Crippen LogP contribution in [0.25, 0.3) is 11.3 Å². The molecule has 0 bridgehead atoms. The summed E-state index contributed by atoms with van der Waals surface area (Å²) in [5, 5.41) is 6.88. The molecule has 0 unspecified atom stereocenters. The van der Waals surface area contributed by atoms with Gasteiger partial charge in [-0.1, -0.05) is 0 Å². The van der Waals surface area contributed by atoms with Crippen molar-refractivity contribution < 1.29 is 8.78 Å². The summed E-state index contributed by atoms with van der Waals surface area (Å²) in [6.07, 6.45) is 0.654. The number of aromatic amines is 1. The third-order valence-electron chi connectivity index (χ3n) is 2.69. The molecule has 0 atom stereocenters. The molecule has 1 aromatic heterocycles. The molecule has 1 aromatic carbocycles. The SMILES string of the molecule is Cc1c(-c2ccc(F)cc2F)n[nH]c1CCN. The zero-order valence-electron chi connectivity index (χ0n) is 9.43. The van der Waals surface area contributed by atoms with Crippen molar-refractivity contribution in [2.75, 3.05) is 6.54 Å². The smallest absolute Gasteiger partial charge is 0.135 e. The number of rotatable bonds is 3. The lowest BCUT2D eigenvalue weighted by molar-refractivity contribution is 0.585. The van der Waals surface area contributed by atoms with E-state index in [0.717, 1.165) is 17.3 Å². The van der Waals surface area contributed by atoms with Gasteiger partial charge in [0.2, 0.25) is 0 Å². The molecule has 3 N–H and O–H groups in total. The Balaban J connectivity index is 2.46. The Morgan fingerprint density at radius 3 is 2.76 bits per heavy atom. The van der Waals surface area contributed by atoms with Gasteiger partial charge in [0.1, 0.15) is 11.6 Å². The summed E-state index contributed by atoms with van der Waals surface area (Å²) in [5.41, 5.74) is 7.98. The lowest BCUT2D eigenvalue weighted by atomic mass is 10.1. The van der Waals surface area contributed by atoms with E-state index in [1.165, 1.54) is 12.1 Å². The summed E-state index contributed by atoms with van der Waals surface area (Å²) >= 11 is 0. The molecule has 0 aliphatic rings. The van der Waals surface area contributed by atoms with E-state index >= 15 is 0 Å². The molecule has 0 saturated carbocycles. The topological polar surface area (TPSA) is 54.7 Å². The summed E-state index contributed by atoms with van der Waals surface area (Å²) < 4.78 is 26.4. The van der Waals surface area contributed by atoms with Crippen LogP contribution in [0.3, 0.4) is 0 Å². The van der Waals surface area contributed by atoms with Crippen molar-refractivity contribution in [1.82, 2.24) is 10.2 Å². The molecule has 17 heavy (non-hydrogen) atoms. The van der Waals surface area contributed by atoms with Crippen LogP contribution < -0.4 is 5.73 Å². The van der Waals surface area contributed by atoms with Crippen molar-refractivity contribution >= 4 is 0 Å². The third kappa shape index (κ3) is 2.19. The quantitative estimate of drug-likeness (QED) is 0.859.